The summed E-state index contributed by atoms with van der Waals surface area (Å²) < 4.78 is 0. The summed E-state index contributed by atoms with van der Waals surface area (Å²) in [5.41, 5.74) is 6.42. The molecule has 0 saturated heterocycles. The van der Waals surface area contributed by atoms with Crippen LogP contribution >= 0.6 is 0 Å². The molecule has 0 unspecified atom stereocenters. The third-order valence-corrected chi connectivity index (χ3v) is 1.14. The van der Waals surface area contributed by atoms with Crippen molar-refractivity contribution >= 4 is 17.5 Å². The number of nitrogens with two attached hydrogens (primary N) is 1. The van der Waals surface area contributed by atoms with Crippen LogP contribution in [0.15, 0.2) is 24.3 Å². The van der Waals surface area contributed by atoms with E-state index < -0.39 is 6.09 Å². The Labute approximate surface area is 63.6 Å². The molecule has 4 N–H and O–H groups in total. The standard InChI is InChI=1S/C7H8N2O2/c8-5-2-1-3-6(4-5)9-7(10)11/h1-4,9H,8H2,(H,10,11). The normalized spacial score (nSPS) is 9.09. The van der Waals surface area contributed by atoms with Gasteiger partial charge in [-0.15, -0.1) is 0 Å². The smallest absolute Gasteiger partial charge is 0.409 e. The maximum atomic E-state index is 10.1. The van der Waals surface area contributed by atoms with Crippen molar-refractivity contribution in [2.75, 3.05) is 11.1 Å². The summed E-state index contributed by atoms with van der Waals surface area (Å²) in [6.07, 6.45) is -1.09. The first-order valence-electron chi connectivity index (χ1n) is 3.04. The number of rotatable bonds is 1. The molecule has 0 radical (unpaired) electrons. The highest BCUT2D eigenvalue weighted by Gasteiger charge is 1.95. The lowest BCUT2D eigenvalue weighted by atomic mass is 10.3. The van der Waals surface area contributed by atoms with Crippen molar-refractivity contribution in [3.8, 4) is 0 Å². The van der Waals surface area contributed by atoms with Gasteiger partial charge in [0.15, 0.2) is 0 Å². The summed E-state index contributed by atoms with van der Waals surface area (Å²) in [6, 6.07) is 6.55. The Kier molecular flexibility index (Phi) is 1.96. The van der Waals surface area contributed by atoms with Gasteiger partial charge in [-0.2, -0.15) is 0 Å². The third-order valence-electron chi connectivity index (χ3n) is 1.14. The molecule has 1 aromatic carbocycles. The quantitative estimate of drug-likeness (QED) is 0.532. The van der Waals surface area contributed by atoms with Crippen LogP contribution in [0.3, 0.4) is 0 Å². The van der Waals surface area contributed by atoms with Crippen molar-refractivity contribution < 1.29 is 9.90 Å². The van der Waals surface area contributed by atoms with Gasteiger partial charge in [0.1, 0.15) is 0 Å². The molecule has 1 aromatic rings. The van der Waals surface area contributed by atoms with Gasteiger partial charge in [-0.05, 0) is 18.2 Å². The van der Waals surface area contributed by atoms with Crippen LogP contribution in [0.4, 0.5) is 16.2 Å². The van der Waals surface area contributed by atoms with Crippen molar-refractivity contribution in [3.05, 3.63) is 24.3 Å². The molecule has 58 valence electrons. The zero-order chi connectivity index (χ0) is 8.27. The zero-order valence-corrected chi connectivity index (χ0v) is 5.74. The van der Waals surface area contributed by atoms with Gasteiger partial charge in [-0.1, -0.05) is 6.07 Å². The predicted molar refractivity (Wildman–Crippen MR) is 42.5 cm³/mol. The second-order valence-corrected chi connectivity index (χ2v) is 2.06. The number of nitrogen functional groups attached to an aromatic ring is 1. The van der Waals surface area contributed by atoms with Crippen LogP contribution in [0.1, 0.15) is 0 Å². The van der Waals surface area contributed by atoms with Crippen LogP contribution in [0.2, 0.25) is 0 Å². The van der Waals surface area contributed by atoms with Crippen LogP contribution in [0.25, 0.3) is 0 Å². The van der Waals surface area contributed by atoms with E-state index in [2.05, 4.69) is 5.32 Å². The maximum absolute atomic E-state index is 10.1. The summed E-state index contributed by atoms with van der Waals surface area (Å²) in [7, 11) is 0. The first-order valence-corrected chi connectivity index (χ1v) is 3.04. The van der Waals surface area contributed by atoms with Crippen molar-refractivity contribution in [2.45, 2.75) is 0 Å². The summed E-state index contributed by atoms with van der Waals surface area (Å²) in [5.74, 6) is 0. The Morgan fingerprint density at radius 1 is 1.55 bits per heavy atom. The van der Waals surface area contributed by atoms with E-state index in [1.807, 2.05) is 0 Å². The van der Waals surface area contributed by atoms with Gasteiger partial charge in [0.2, 0.25) is 0 Å². The SMILES string of the molecule is Nc1cccc(NC(=O)O)c1. The van der Waals surface area contributed by atoms with E-state index in [0.29, 0.717) is 11.4 Å². The fourth-order valence-electron chi connectivity index (χ4n) is 0.740. The van der Waals surface area contributed by atoms with E-state index >= 15 is 0 Å². The van der Waals surface area contributed by atoms with Crippen molar-refractivity contribution in [1.82, 2.24) is 0 Å². The lowest BCUT2D eigenvalue weighted by Crippen LogP contribution is -2.07. The van der Waals surface area contributed by atoms with Crippen molar-refractivity contribution in [2.24, 2.45) is 0 Å². The second-order valence-electron chi connectivity index (χ2n) is 2.06. The molecular weight excluding hydrogens is 144 g/mol. The maximum Gasteiger partial charge on any atom is 0.409 e. The van der Waals surface area contributed by atoms with Crippen LogP contribution in [0.5, 0.6) is 0 Å². The van der Waals surface area contributed by atoms with Crippen molar-refractivity contribution in [3.63, 3.8) is 0 Å². The molecule has 0 aliphatic carbocycles. The highest BCUT2D eigenvalue weighted by atomic mass is 16.4. The number of benzene rings is 1. The number of carbonyl (C=O) groups is 1. The Morgan fingerprint density at radius 3 is 2.82 bits per heavy atom. The molecule has 0 fully saturated rings. The average Bonchev–Trinajstić information content (AvgIpc) is 1.85. The van der Waals surface area contributed by atoms with E-state index in [1.165, 1.54) is 0 Å². The van der Waals surface area contributed by atoms with E-state index in [4.69, 9.17) is 10.8 Å². The van der Waals surface area contributed by atoms with E-state index in [0.717, 1.165) is 0 Å². The lowest BCUT2D eigenvalue weighted by Gasteiger charge is -1.99. The monoisotopic (exact) mass is 152 g/mol. The molecule has 0 bridgehead atoms. The summed E-state index contributed by atoms with van der Waals surface area (Å²) in [5, 5.41) is 10.5. The van der Waals surface area contributed by atoms with Gasteiger partial charge >= 0.3 is 6.09 Å². The molecule has 0 aromatic heterocycles. The van der Waals surface area contributed by atoms with E-state index in [-0.39, 0.29) is 0 Å². The Hall–Kier alpha value is -1.71. The van der Waals surface area contributed by atoms with Gasteiger partial charge < -0.3 is 10.8 Å². The minimum Gasteiger partial charge on any atom is -0.465 e. The first-order chi connectivity index (χ1) is 5.18. The minimum absolute atomic E-state index is 0.484. The molecule has 11 heavy (non-hydrogen) atoms. The van der Waals surface area contributed by atoms with Gasteiger partial charge in [0.05, 0.1) is 0 Å². The molecule has 4 nitrogen and oxygen atoms in total. The van der Waals surface area contributed by atoms with Gasteiger partial charge in [-0.3, -0.25) is 5.32 Å². The first kappa shape index (κ1) is 7.40. The number of amides is 1. The minimum atomic E-state index is -1.09. The highest BCUT2D eigenvalue weighted by Crippen LogP contribution is 2.10. The fraction of sp³-hybridized carbons (Fsp3) is 0. The fourth-order valence-corrected chi connectivity index (χ4v) is 0.740. The summed E-state index contributed by atoms with van der Waals surface area (Å²) in [6.45, 7) is 0. The second kappa shape index (κ2) is 2.92. The van der Waals surface area contributed by atoms with Crippen LogP contribution < -0.4 is 11.1 Å². The van der Waals surface area contributed by atoms with E-state index in [9.17, 15) is 4.79 Å². The number of hydrogen-bond donors (Lipinski definition) is 3. The molecule has 4 heteroatoms. The van der Waals surface area contributed by atoms with Crippen LogP contribution in [-0.4, -0.2) is 11.2 Å². The molecule has 0 saturated carbocycles. The predicted octanol–water partition coefficient (Wildman–Crippen LogP) is 1.36. The number of hydrogen-bond acceptors (Lipinski definition) is 2. The molecule has 1 rings (SSSR count). The van der Waals surface area contributed by atoms with Gasteiger partial charge in [-0.25, -0.2) is 4.79 Å². The van der Waals surface area contributed by atoms with Crippen LogP contribution in [-0.2, 0) is 0 Å². The average molecular weight is 152 g/mol. The van der Waals surface area contributed by atoms with Crippen molar-refractivity contribution in [1.29, 1.82) is 0 Å². The Morgan fingerprint density at radius 2 is 2.27 bits per heavy atom. The zero-order valence-electron chi connectivity index (χ0n) is 5.74. The summed E-state index contributed by atoms with van der Waals surface area (Å²) >= 11 is 0. The highest BCUT2D eigenvalue weighted by molar-refractivity contribution is 5.83. The number of anilines is 2. The van der Waals surface area contributed by atoms with E-state index in [1.54, 1.807) is 24.3 Å². The number of nitrogens with one attached hydrogen (secondary N) is 1. The van der Waals surface area contributed by atoms with Crippen LogP contribution in [0, 0.1) is 0 Å². The van der Waals surface area contributed by atoms with Gasteiger partial charge in [0, 0.05) is 11.4 Å². The molecular formula is C7H8N2O2. The molecule has 0 aliphatic rings. The van der Waals surface area contributed by atoms with Gasteiger partial charge in [0.25, 0.3) is 0 Å². The largest absolute Gasteiger partial charge is 0.465 e. The molecule has 0 aliphatic heterocycles. The lowest BCUT2D eigenvalue weighted by molar-refractivity contribution is 0.210. The third kappa shape index (κ3) is 2.17. The molecule has 0 heterocycles. The molecule has 0 spiro atoms. The summed E-state index contributed by atoms with van der Waals surface area (Å²) in [4.78, 5) is 10.1. The Balaban J connectivity index is 2.79. The Bertz CT molecular complexity index is 273. The molecule has 1 amide bonds. The topological polar surface area (TPSA) is 75.3 Å². The number of carboxylic acid groups (broad SMARTS) is 1. The molecule has 0 atom stereocenters.